The van der Waals surface area contributed by atoms with Crippen molar-refractivity contribution in [3.05, 3.63) is 42.5 Å². The Morgan fingerprint density at radius 2 is 1.70 bits per heavy atom. The van der Waals surface area contributed by atoms with E-state index in [1.165, 1.54) is 11.5 Å². The van der Waals surface area contributed by atoms with Crippen molar-refractivity contribution in [1.82, 2.24) is 10.2 Å². The molecule has 0 aliphatic heterocycles. The van der Waals surface area contributed by atoms with Crippen molar-refractivity contribution in [1.29, 1.82) is 0 Å². The third-order valence-corrected chi connectivity index (χ3v) is 4.96. The minimum Gasteiger partial charge on any atom is -0.289 e. The highest BCUT2D eigenvalue weighted by molar-refractivity contribution is 7.89. The van der Waals surface area contributed by atoms with Crippen molar-refractivity contribution < 1.29 is 18.4 Å². The van der Waals surface area contributed by atoms with Crippen LogP contribution in [0.1, 0.15) is 20.8 Å². The Hall–Kier alpha value is -1.96. The zero-order chi connectivity index (χ0) is 17.3. The number of hydrogen-bond donors (Lipinski definition) is 3. The lowest BCUT2D eigenvalue weighted by molar-refractivity contribution is -0.133. The van der Waals surface area contributed by atoms with Crippen LogP contribution in [0.4, 0.5) is 0 Å². The molecule has 0 aliphatic carbocycles. The maximum atomic E-state index is 12.6. The number of carbonyl (C=O) groups excluding carboxylic acids is 1. The van der Waals surface area contributed by atoms with Crippen LogP contribution in [0.2, 0.25) is 0 Å². The van der Waals surface area contributed by atoms with Gasteiger partial charge in [0.1, 0.15) is 6.04 Å². The molecule has 3 N–H and O–H groups in total. The zero-order valence-electron chi connectivity index (χ0n) is 13.2. The van der Waals surface area contributed by atoms with Gasteiger partial charge in [-0.25, -0.2) is 13.9 Å². The van der Waals surface area contributed by atoms with E-state index in [9.17, 15) is 13.2 Å². The highest BCUT2D eigenvalue weighted by atomic mass is 32.2. The van der Waals surface area contributed by atoms with Crippen molar-refractivity contribution in [2.24, 2.45) is 5.41 Å². The third-order valence-electron chi connectivity index (χ3n) is 3.54. The molecule has 0 saturated heterocycles. The minimum absolute atomic E-state index is 0.0659. The van der Waals surface area contributed by atoms with Crippen molar-refractivity contribution in [3.8, 4) is 0 Å². The zero-order valence-corrected chi connectivity index (χ0v) is 14.0. The van der Waals surface area contributed by atoms with E-state index < -0.39 is 27.4 Å². The molecule has 0 spiro atoms. The third kappa shape index (κ3) is 3.87. The van der Waals surface area contributed by atoms with E-state index in [2.05, 4.69) is 4.72 Å². The Morgan fingerprint density at radius 1 is 1.09 bits per heavy atom. The Morgan fingerprint density at radius 3 is 2.26 bits per heavy atom. The first-order valence-electron chi connectivity index (χ1n) is 7.10. The molecule has 2 aromatic carbocycles. The van der Waals surface area contributed by atoms with Gasteiger partial charge in [-0.05, 0) is 28.3 Å². The lowest BCUT2D eigenvalue weighted by atomic mass is 9.87. The van der Waals surface area contributed by atoms with Crippen LogP contribution >= 0.6 is 0 Å². The molecule has 1 atom stereocenters. The van der Waals surface area contributed by atoms with Gasteiger partial charge in [0.15, 0.2) is 0 Å². The topological polar surface area (TPSA) is 95.5 Å². The summed E-state index contributed by atoms with van der Waals surface area (Å²) in [5.41, 5.74) is 0.798. The first kappa shape index (κ1) is 17.4. The fourth-order valence-corrected chi connectivity index (χ4v) is 3.68. The van der Waals surface area contributed by atoms with Crippen LogP contribution in [0, 0.1) is 5.41 Å². The quantitative estimate of drug-likeness (QED) is 0.588. The monoisotopic (exact) mass is 336 g/mol. The van der Waals surface area contributed by atoms with E-state index in [1.54, 1.807) is 32.9 Å². The van der Waals surface area contributed by atoms with Gasteiger partial charge in [-0.1, -0.05) is 51.1 Å². The summed E-state index contributed by atoms with van der Waals surface area (Å²) in [6.07, 6.45) is 0. The maximum absolute atomic E-state index is 12.6. The molecule has 1 unspecified atom stereocenters. The molecule has 124 valence electrons. The molecule has 0 heterocycles. The SMILES string of the molecule is CC(C)(C)C(NS(=O)(=O)c1ccc2ccccc2c1)C(=O)NO. The average molecular weight is 336 g/mol. The highest BCUT2D eigenvalue weighted by Gasteiger charge is 2.35. The molecule has 0 aliphatic rings. The van der Waals surface area contributed by atoms with Crippen LogP contribution in [-0.2, 0) is 14.8 Å². The van der Waals surface area contributed by atoms with Gasteiger partial charge in [-0.3, -0.25) is 10.0 Å². The Balaban J connectivity index is 2.41. The van der Waals surface area contributed by atoms with E-state index in [0.29, 0.717) is 0 Å². The van der Waals surface area contributed by atoms with Gasteiger partial charge in [0.2, 0.25) is 10.0 Å². The van der Waals surface area contributed by atoms with Gasteiger partial charge >= 0.3 is 0 Å². The summed E-state index contributed by atoms with van der Waals surface area (Å²) >= 11 is 0. The van der Waals surface area contributed by atoms with Gasteiger partial charge in [-0.2, -0.15) is 4.72 Å². The van der Waals surface area contributed by atoms with Crippen molar-refractivity contribution in [3.63, 3.8) is 0 Å². The molecule has 23 heavy (non-hydrogen) atoms. The lowest BCUT2D eigenvalue weighted by Crippen LogP contribution is -2.52. The Bertz CT molecular complexity index is 825. The summed E-state index contributed by atoms with van der Waals surface area (Å²) in [6, 6.07) is 11.0. The summed E-state index contributed by atoms with van der Waals surface area (Å²) in [7, 11) is -3.91. The van der Waals surface area contributed by atoms with Crippen LogP contribution in [-0.4, -0.2) is 25.6 Å². The number of sulfonamides is 1. The van der Waals surface area contributed by atoms with Gasteiger partial charge in [-0.15, -0.1) is 0 Å². The molecule has 2 rings (SSSR count). The van der Waals surface area contributed by atoms with Crippen molar-refractivity contribution in [2.75, 3.05) is 0 Å². The van der Waals surface area contributed by atoms with Crippen LogP contribution in [0.3, 0.4) is 0 Å². The molecule has 1 amide bonds. The van der Waals surface area contributed by atoms with Crippen molar-refractivity contribution >= 4 is 26.7 Å². The fourth-order valence-electron chi connectivity index (χ4n) is 2.25. The Labute approximate surface area is 135 Å². The second-order valence-electron chi connectivity index (χ2n) is 6.41. The number of nitrogens with one attached hydrogen (secondary N) is 2. The van der Waals surface area contributed by atoms with E-state index >= 15 is 0 Å². The minimum atomic E-state index is -3.91. The number of benzene rings is 2. The maximum Gasteiger partial charge on any atom is 0.262 e. The summed E-state index contributed by atoms with van der Waals surface area (Å²) in [6.45, 7) is 5.11. The summed E-state index contributed by atoms with van der Waals surface area (Å²) in [4.78, 5) is 11.9. The molecule has 0 aromatic heterocycles. The number of hydrogen-bond acceptors (Lipinski definition) is 4. The number of hydroxylamine groups is 1. The molecule has 0 fully saturated rings. The standard InChI is InChI=1S/C16H20N2O4S/c1-16(2,3)14(15(19)17-20)18-23(21,22)13-9-8-11-6-4-5-7-12(11)10-13/h4-10,14,18,20H,1-3H3,(H,17,19). The highest BCUT2D eigenvalue weighted by Crippen LogP contribution is 2.23. The first-order valence-corrected chi connectivity index (χ1v) is 8.58. The molecule has 6 nitrogen and oxygen atoms in total. The normalized spacial score (nSPS) is 13.7. The second-order valence-corrected chi connectivity index (χ2v) is 8.12. The number of fused-ring (bicyclic) bond motifs is 1. The van der Waals surface area contributed by atoms with Crippen LogP contribution in [0.15, 0.2) is 47.4 Å². The van der Waals surface area contributed by atoms with E-state index in [1.807, 2.05) is 24.3 Å². The predicted molar refractivity (Wildman–Crippen MR) is 87.4 cm³/mol. The summed E-state index contributed by atoms with van der Waals surface area (Å²) < 4.78 is 27.5. The van der Waals surface area contributed by atoms with E-state index in [0.717, 1.165) is 10.8 Å². The van der Waals surface area contributed by atoms with Gasteiger partial charge in [0.05, 0.1) is 4.90 Å². The molecule has 0 saturated carbocycles. The lowest BCUT2D eigenvalue weighted by Gasteiger charge is -2.29. The number of carbonyl (C=O) groups is 1. The van der Waals surface area contributed by atoms with Crippen LogP contribution < -0.4 is 10.2 Å². The average Bonchev–Trinajstić information content (AvgIpc) is 2.50. The molecule has 2 aromatic rings. The molecule has 7 heteroatoms. The van der Waals surface area contributed by atoms with Crippen molar-refractivity contribution in [2.45, 2.75) is 31.7 Å². The number of amides is 1. The molecule has 0 bridgehead atoms. The second kappa shape index (κ2) is 6.27. The fraction of sp³-hybridized carbons (Fsp3) is 0.312. The molecule has 0 radical (unpaired) electrons. The van der Waals surface area contributed by atoms with Crippen LogP contribution in [0.25, 0.3) is 10.8 Å². The largest absolute Gasteiger partial charge is 0.289 e. The summed E-state index contributed by atoms with van der Waals surface area (Å²) in [5, 5.41) is 10.6. The smallest absolute Gasteiger partial charge is 0.262 e. The van der Waals surface area contributed by atoms with E-state index in [-0.39, 0.29) is 4.90 Å². The number of rotatable bonds is 4. The van der Waals surface area contributed by atoms with Gasteiger partial charge in [0, 0.05) is 0 Å². The van der Waals surface area contributed by atoms with Gasteiger partial charge < -0.3 is 0 Å². The first-order chi connectivity index (χ1) is 10.6. The van der Waals surface area contributed by atoms with Crippen LogP contribution in [0.5, 0.6) is 0 Å². The molecular weight excluding hydrogens is 316 g/mol. The molecular formula is C16H20N2O4S. The van der Waals surface area contributed by atoms with Gasteiger partial charge in [0.25, 0.3) is 5.91 Å². The Kier molecular flexibility index (Phi) is 4.74. The summed E-state index contributed by atoms with van der Waals surface area (Å²) in [5.74, 6) is -0.804. The predicted octanol–water partition coefficient (Wildman–Crippen LogP) is 2.04. The van der Waals surface area contributed by atoms with E-state index in [4.69, 9.17) is 5.21 Å².